The first kappa shape index (κ1) is 29.2. The average molecular weight is 542 g/mol. The van der Waals surface area contributed by atoms with Crippen LogP contribution in [-0.2, 0) is 20.9 Å². The van der Waals surface area contributed by atoms with E-state index in [2.05, 4.69) is 20.5 Å². The van der Waals surface area contributed by atoms with Crippen LogP contribution in [-0.4, -0.2) is 72.9 Å². The Labute approximate surface area is 230 Å². The zero-order valence-corrected chi connectivity index (χ0v) is 23.0. The van der Waals surface area contributed by atoms with Gasteiger partial charge < -0.3 is 15.4 Å². The van der Waals surface area contributed by atoms with Gasteiger partial charge in [0, 0.05) is 51.5 Å². The van der Waals surface area contributed by atoms with Gasteiger partial charge in [-0.25, -0.2) is 5.06 Å². The molecule has 39 heavy (non-hydrogen) atoms. The van der Waals surface area contributed by atoms with Crippen molar-refractivity contribution in [3.05, 3.63) is 50.5 Å². The Kier molecular flexibility index (Phi) is 11.7. The molecule has 0 radical (unpaired) electrons. The number of anilines is 2. The second-order valence-corrected chi connectivity index (χ2v) is 10.5. The number of unbranched alkanes of at least 4 members (excludes halogenated alkanes) is 3. The van der Waals surface area contributed by atoms with Gasteiger partial charge in [-0.2, -0.15) is 0 Å². The van der Waals surface area contributed by atoms with Gasteiger partial charge in [0.2, 0.25) is 5.91 Å². The van der Waals surface area contributed by atoms with E-state index in [1.165, 1.54) is 6.42 Å². The molecule has 1 aliphatic carbocycles. The van der Waals surface area contributed by atoms with Crippen molar-refractivity contribution in [3.8, 4) is 0 Å². The lowest BCUT2D eigenvalue weighted by atomic mass is 9.95. The minimum absolute atomic E-state index is 0.0932. The standard InChI is InChI=1S/C29H43N5O5/c35-25(34(24-8-4-3-5-9-24)39-21-18-33-16-19-38-20-17-33)10-6-1-2-7-13-31-26-27(29(37)28(26)36)32-22-23-11-14-30-15-12-23/h11-12,14-15,24,31-32H,1-10,13,16-22H2. The fraction of sp³-hybridized carbons (Fsp3) is 0.655. The molecule has 1 aliphatic heterocycles. The minimum atomic E-state index is -0.472. The zero-order chi connectivity index (χ0) is 27.3. The van der Waals surface area contributed by atoms with E-state index in [9.17, 15) is 14.4 Å². The van der Waals surface area contributed by atoms with E-state index in [4.69, 9.17) is 9.57 Å². The van der Waals surface area contributed by atoms with Crippen molar-refractivity contribution in [3.63, 3.8) is 0 Å². The molecule has 0 bridgehead atoms. The summed E-state index contributed by atoms with van der Waals surface area (Å²) in [6.07, 6.45) is 13.0. The first-order chi connectivity index (χ1) is 19.1. The van der Waals surface area contributed by atoms with E-state index in [-0.39, 0.29) is 11.9 Å². The van der Waals surface area contributed by atoms with Crippen LogP contribution >= 0.6 is 0 Å². The summed E-state index contributed by atoms with van der Waals surface area (Å²) in [5.41, 5.74) is 0.789. The van der Waals surface area contributed by atoms with Crippen LogP contribution in [0.3, 0.4) is 0 Å². The van der Waals surface area contributed by atoms with Gasteiger partial charge in [-0.1, -0.05) is 32.1 Å². The van der Waals surface area contributed by atoms with Crippen LogP contribution in [0.2, 0.25) is 0 Å². The number of carbonyl (C=O) groups excluding carboxylic acids is 1. The van der Waals surface area contributed by atoms with Gasteiger partial charge in [-0.3, -0.25) is 29.1 Å². The smallest absolute Gasteiger partial charge is 0.253 e. The minimum Gasteiger partial charge on any atom is -0.380 e. The van der Waals surface area contributed by atoms with Crippen molar-refractivity contribution in [2.75, 3.05) is 56.6 Å². The van der Waals surface area contributed by atoms with Gasteiger partial charge in [0.05, 0.1) is 25.9 Å². The van der Waals surface area contributed by atoms with E-state index in [0.717, 1.165) is 89.8 Å². The fourth-order valence-corrected chi connectivity index (χ4v) is 5.29. The van der Waals surface area contributed by atoms with E-state index < -0.39 is 10.9 Å². The Morgan fingerprint density at radius 2 is 1.67 bits per heavy atom. The van der Waals surface area contributed by atoms with Crippen molar-refractivity contribution in [1.82, 2.24) is 14.9 Å². The molecular weight excluding hydrogens is 498 g/mol. The lowest BCUT2D eigenvalue weighted by Gasteiger charge is -2.34. The van der Waals surface area contributed by atoms with Crippen LogP contribution < -0.4 is 21.5 Å². The molecule has 0 spiro atoms. The van der Waals surface area contributed by atoms with E-state index in [1.807, 2.05) is 12.1 Å². The van der Waals surface area contributed by atoms with Crippen LogP contribution in [0.4, 0.5) is 11.4 Å². The predicted octanol–water partition coefficient (Wildman–Crippen LogP) is 3.08. The Hall–Kier alpha value is -2.82. The molecule has 10 heteroatoms. The molecular formula is C29H43N5O5. The molecule has 0 unspecified atom stereocenters. The van der Waals surface area contributed by atoms with Crippen LogP contribution in [0.25, 0.3) is 0 Å². The third-order valence-corrected chi connectivity index (χ3v) is 7.64. The first-order valence-corrected chi connectivity index (χ1v) is 14.6. The number of pyridine rings is 1. The molecule has 2 aromatic rings. The lowest BCUT2D eigenvalue weighted by molar-refractivity contribution is -0.205. The lowest BCUT2D eigenvalue weighted by Crippen LogP contribution is -2.44. The summed E-state index contributed by atoms with van der Waals surface area (Å²) in [5, 5.41) is 7.89. The second kappa shape index (κ2) is 15.7. The summed E-state index contributed by atoms with van der Waals surface area (Å²) in [7, 11) is 0. The van der Waals surface area contributed by atoms with Crippen molar-refractivity contribution < 1.29 is 14.4 Å². The Balaban J connectivity index is 1.12. The Morgan fingerprint density at radius 3 is 2.41 bits per heavy atom. The summed E-state index contributed by atoms with van der Waals surface area (Å²) in [5.74, 6) is 0.0932. The fourth-order valence-electron chi connectivity index (χ4n) is 5.29. The number of aromatic nitrogens is 1. The SMILES string of the molecule is O=C(CCCCCCNc1c(NCc2ccncc2)c(=O)c1=O)N(OCCN1CCOCC1)C1CCCCC1. The summed E-state index contributed by atoms with van der Waals surface area (Å²) in [6.45, 7) is 5.78. The van der Waals surface area contributed by atoms with Gasteiger partial charge in [0.1, 0.15) is 11.4 Å². The van der Waals surface area contributed by atoms with Crippen molar-refractivity contribution in [2.45, 2.75) is 76.8 Å². The normalized spacial score (nSPS) is 16.8. The zero-order valence-electron chi connectivity index (χ0n) is 23.0. The molecule has 4 rings (SSSR count). The molecule has 214 valence electrons. The van der Waals surface area contributed by atoms with Gasteiger partial charge >= 0.3 is 0 Å². The number of nitrogens with one attached hydrogen (secondary N) is 2. The number of hydrogen-bond acceptors (Lipinski definition) is 9. The molecule has 10 nitrogen and oxygen atoms in total. The number of nitrogens with zero attached hydrogens (tertiary/aromatic N) is 3. The molecule has 1 amide bonds. The van der Waals surface area contributed by atoms with E-state index in [0.29, 0.717) is 37.5 Å². The van der Waals surface area contributed by atoms with E-state index >= 15 is 0 Å². The summed E-state index contributed by atoms with van der Waals surface area (Å²) in [4.78, 5) is 49.4. The number of carbonyl (C=O) groups is 1. The molecule has 2 N–H and O–H groups in total. The number of rotatable bonds is 16. The summed E-state index contributed by atoms with van der Waals surface area (Å²) >= 11 is 0. The van der Waals surface area contributed by atoms with Crippen LogP contribution in [0, 0.1) is 0 Å². The van der Waals surface area contributed by atoms with Crippen molar-refractivity contribution in [1.29, 1.82) is 0 Å². The summed E-state index contributed by atoms with van der Waals surface area (Å²) < 4.78 is 5.41. The van der Waals surface area contributed by atoms with Gasteiger partial charge in [0.25, 0.3) is 10.9 Å². The Morgan fingerprint density at radius 1 is 0.974 bits per heavy atom. The van der Waals surface area contributed by atoms with Crippen LogP contribution in [0.1, 0.15) is 69.8 Å². The average Bonchev–Trinajstić information content (AvgIpc) is 2.99. The quantitative estimate of drug-likeness (QED) is 0.188. The van der Waals surface area contributed by atoms with Crippen LogP contribution in [0.5, 0.6) is 0 Å². The third-order valence-electron chi connectivity index (χ3n) is 7.64. The monoisotopic (exact) mass is 541 g/mol. The van der Waals surface area contributed by atoms with Crippen molar-refractivity contribution in [2.24, 2.45) is 0 Å². The van der Waals surface area contributed by atoms with Crippen molar-refractivity contribution >= 4 is 17.3 Å². The summed E-state index contributed by atoms with van der Waals surface area (Å²) in [6, 6.07) is 3.92. The van der Waals surface area contributed by atoms with Crippen LogP contribution in [0.15, 0.2) is 34.1 Å². The molecule has 2 aliphatic rings. The molecule has 2 fully saturated rings. The highest BCUT2D eigenvalue weighted by atomic mass is 16.7. The topological polar surface area (TPSA) is 113 Å². The third kappa shape index (κ3) is 8.84. The first-order valence-electron chi connectivity index (χ1n) is 14.6. The van der Waals surface area contributed by atoms with Gasteiger partial charge in [0.15, 0.2) is 0 Å². The molecule has 1 aromatic carbocycles. The number of hydroxylamine groups is 2. The number of ether oxygens (including phenoxy) is 1. The maximum atomic E-state index is 13.1. The molecule has 1 saturated heterocycles. The molecule has 1 aromatic heterocycles. The second-order valence-electron chi connectivity index (χ2n) is 10.5. The van der Waals surface area contributed by atoms with E-state index in [1.54, 1.807) is 17.5 Å². The molecule has 2 heterocycles. The number of amides is 1. The molecule has 1 saturated carbocycles. The predicted molar refractivity (Wildman–Crippen MR) is 151 cm³/mol. The largest absolute Gasteiger partial charge is 0.380 e. The maximum Gasteiger partial charge on any atom is 0.253 e. The highest BCUT2D eigenvalue weighted by Crippen LogP contribution is 2.24. The molecule has 0 atom stereocenters. The number of hydrogen-bond donors (Lipinski definition) is 2. The van der Waals surface area contributed by atoms with Gasteiger partial charge in [-0.05, 0) is 43.4 Å². The van der Waals surface area contributed by atoms with Gasteiger partial charge in [-0.15, -0.1) is 0 Å². The maximum absolute atomic E-state index is 13.1. The highest BCUT2D eigenvalue weighted by Gasteiger charge is 2.26. The Bertz CT molecular complexity index is 1080. The number of morpholine rings is 1. The highest BCUT2D eigenvalue weighted by molar-refractivity contribution is 5.75.